The molecular weight excluding hydrogens is 321 g/mol. The predicted octanol–water partition coefficient (Wildman–Crippen LogP) is 2.40. The van der Waals surface area contributed by atoms with Crippen LogP contribution in [0.1, 0.15) is 56.0 Å². The van der Waals surface area contributed by atoms with Gasteiger partial charge >= 0.3 is 0 Å². The lowest BCUT2D eigenvalue weighted by molar-refractivity contribution is 0.0909. The number of carbonyl (C=O) groups is 1. The summed E-state index contributed by atoms with van der Waals surface area (Å²) in [6, 6.07) is 6.61. The van der Waals surface area contributed by atoms with Crippen molar-refractivity contribution in [2.45, 2.75) is 51.6 Å². The van der Waals surface area contributed by atoms with Gasteiger partial charge in [-0.05, 0) is 38.4 Å². The van der Waals surface area contributed by atoms with Gasteiger partial charge in [-0.2, -0.15) is 0 Å². The van der Waals surface area contributed by atoms with Crippen LogP contribution in [0.2, 0.25) is 0 Å². The molecule has 1 aromatic carbocycles. The maximum absolute atomic E-state index is 14.2. The molecule has 7 heteroatoms. The van der Waals surface area contributed by atoms with Gasteiger partial charge in [-0.15, -0.1) is 5.10 Å². The van der Waals surface area contributed by atoms with Gasteiger partial charge in [0.2, 0.25) is 5.82 Å². The molecule has 2 atom stereocenters. The molecule has 1 aliphatic heterocycles. The molecule has 2 aromatic rings. The minimum atomic E-state index is -0.397. The summed E-state index contributed by atoms with van der Waals surface area (Å²) in [5.41, 5.74) is 0.297. The van der Waals surface area contributed by atoms with Crippen LogP contribution in [0.5, 0.6) is 0 Å². The summed E-state index contributed by atoms with van der Waals surface area (Å²) in [5.74, 6) is -0.0809. The topological polar surface area (TPSA) is 71.8 Å². The number of para-hydroxylation sites is 1. The third-order valence-electron chi connectivity index (χ3n) is 4.51. The van der Waals surface area contributed by atoms with Crippen molar-refractivity contribution in [3.63, 3.8) is 0 Å². The Morgan fingerprint density at radius 1 is 1.40 bits per heavy atom. The number of aromatic nitrogens is 3. The molecule has 25 heavy (non-hydrogen) atoms. The fraction of sp³-hybridized carbons (Fsp3) is 0.500. The number of nitrogens with zero attached hydrogens (tertiary/aromatic N) is 3. The highest BCUT2D eigenvalue weighted by Crippen LogP contribution is 2.20. The van der Waals surface area contributed by atoms with Crippen LogP contribution < -0.4 is 10.6 Å². The van der Waals surface area contributed by atoms with Gasteiger partial charge in [-0.3, -0.25) is 4.79 Å². The molecule has 6 nitrogen and oxygen atoms in total. The van der Waals surface area contributed by atoms with E-state index >= 15 is 0 Å². The fourth-order valence-corrected chi connectivity index (χ4v) is 3.07. The average molecular weight is 345 g/mol. The molecule has 2 N–H and O–H groups in total. The van der Waals surface area contributed by atoms with E-state index in [0.29, 0.717) is 11.5 Å². The summed E-state index contributed by atoms with van der Waals surface area (Å²) >= 11 is 0. The van der Waals surface area contributed by atoms with Gasteiger partial charge in [0.15, 0.2) is 0 Å². The van der Waals surface area contributed by atoms with E-state index < -0.39 is 5.82 Å². The maximum atomic E-state index is 14.2. The monoisotopic (exact) mass is 345 g/mol. The lowest BCUT2D eigenvalue weighted by Gasteiger charge is -2.30. The largest absolute Gasteiger partial charge is 0.345 e. The highest BCUT2D eigenvalue weighted by molar-refractivity contribution is 5.90. The van der Waals surface area contributed by atoms with Crippen LogP contribution in [0.4, 0.5) is 4.39 Å². The van der Waals surface area contributed by atoms with Crippen molar-refractivity contribution in [2.75, 3.05) is 6.54 Å². The Morgan fingerprint density at radius 2 is 2.16 bits per heavy atom. The number of halogens is 1. The van der Waals surface area contributed by atoms with E-state index in [1.807, 2.05) is 13.8 Å². The molecule has 2 heterocycles. The lowest BCUT2D eigenvalue weighted by Crippen LogP contribution is -2.52. The smallest absolute Gasteiger partial charge is 0.291 e. The molecule has 1 aromatic heterocycles. The Bertz CT molecular complexity index is 758. The molecule has 2 unspecified atom stereocenters. The van der Waals surface area contributed by atoms with Crippen LogP contribution in [0.3, 0.4) is 0 Å². The second-order valence-electron chi connectivity index (χ2n) is 6.78. The molecule has 3 rings (SSSR count). The average Bonchev–Trinajstić information content (AvgIpc) is 3.03. The Kier molecular flexibility index (Phi) is 5.13. The molecule has 1 amide bonds. The zero-order valence-electron chi connectivity index (χ0n) is 14.8. The second-order valence-corrected chi connectivity index (χ2v) is 6.78. The summed E-state index contributed by atoms with van der Waals surface area (Å²) in [6.45, 7) is 6.90. The van der Waals surface area contributed by atoms with Crippen molar-refractivity contribution in [2.24, 2.45) is 0 Å². The molecule has 1 saturated heterocycles. The summed E-state index contributed by atoms with van der Waals surface area (Å²) in [7, 11) is 0. The zero-order chi connectivity index (χ0) is 18.0. The Morgan fingerprint density at radius 3 is 2.84 bits per heavy atom. The van der Waals surface area contributed by atoms with E-state index in [1.165, 1.54) is 10.7 Å². The first-order valence-electron chi connectivity index (χ1n) is 8.73. The minimum absolute atomic E-state index is 0.00364. The third-order valence-corrected chi connectivity index (χ3v) is 4.51. The predicted molar refractivity (Wildman–Crippen MR) is 93.4 cm³/mol. The number of piperidine rings is 1. The Labute approximate surface area is 146 Å². The van der Waals surface area contributed by atoms with Gasteiger partial charge in [0.25, 0.3) is 5.91 Å². The number of hydrogen-bond donors (Lipinski definition) is 2. The van der Waals surface area contributed by atoms with Gasteiger partial charge in [-0.25, -0.2) is 14.1 Å². The number of nitrogens with one attached hydrogen (secondary N) is 2. The molecular formula is C18H24FN5O. The van der Waals surface area contributed by atoms with E-state index in [-0.39, 0.29) is 29.7 Å². The van der Waals surface area contributed by atoms with Gasteiger partial charge in [0, 0.05) is 18.0 Å². The SMILES string of the molecule is CC(C)c1nc(C(=O)NC2CCCNC2C)nn1-c1ccccc1F. The number of rotatable bonds is 4. The van der Waals surface area contributed by atoms with E-state index in [4.69, 9.17) is 0 Å². The van der Waals surface area contributed by atoms with Crippen LogP contribution in [-0.4, -0.2) is 39.3 Å². The standard InChI is InChI=1S/C18H24FN5O/c1-11(2)17-22-16(18(25)21-14-8-6-10-20-12(14)3)23-24(17)15-9-5-4-7-13(15)19/h4-5,7,9,11-12,14,20H,6,8,10H2,1-3H3,(H,21,25). The van der Waals surface area contributed by atoms with Gasteiger partial charge < -0.3 is 10.6 Å². The summed E-state index contributed by atoms with van der Waals surface area (Å²) in [6.07, 6.45) is 1.94. The number of amides is 1. The first kappa shape index (κ1) is 17.5. The molecule has 1 aliphatic rings. The van der Waals surface area contributed by atoms with Crippen LogP contribution >= 0.6 is 0 Å². The molecule has 0 spiro atoms. The highest BCUT2D eigenvalue weighted by Gasteiger charge is 2.26. The van der Waals surface area contributed by atoms with Crippen LogP contribution in [0.25, 0.3) is 5.69 Å². The van der Waals surface area contributed by atoms with Crippen molar-refractivity contribution in [1.29, 1.82) is 0 Å². The summed E-state index contributed by atoms with van der Waals surface area (Å²) in [4.78, 5) is 17.0. The van der Waals surface area contributed by atoms with Crippen LogP contribution in [-0.2, 0) is 0 Å². The van der Waals surface area contributed by atoms with E-state index in [1.54, 1.807) is 18.2 Å². The molecule has 0 bridgehead atoms. The molecule has 0 aliphatic carbocycles. The van der Waals surface area contributed by atoms with Gasteiger partial charge in [-0.1, -0.05) is 26.0 Å². The normalized spacial score (nSPS) is 20.7. The first-order valence-corrected chi connectivity index (χ1v) is 8.73. The Hall–Kier alpha value is -2.28. The second kappa shape index (κ2) is 7.31. The van der Waals surface area contributed by atoms with Gasteiger partial charge in [0.1, 0.15) is 17.3 Å². The zero-order valence-corrected chi connectivity index (χ0v) is 14.8. The lowest BCUT2D eigenvalue weighted by atomic mass is 10.00. The fourth-order valence-electron chi connectivity index (χ4n) is 3.07. The molecule has 0 saturated carbocycles. The molecule has 134 valence electrons. The molecule has 0 radical (unpaired) electrons. The quantitative estimate of drug-likeness (QED) is 0.893. The highest BCUT2D eigenvalue weighted by atomic mass is 19.1. The van der Waals surface area contributed by atoms with Crippen molar-refractivity contribution < 1.29 is 9.18 Å². The van der Waals surface area contributed by atoms with Crippen molar-refractivity contribution in [3.05, 3.63) is 41.7 Å². The van der Waals surface area contributed by atoms with E-state index in [0.717, 1.165) is 19.4 Å². The van der Waals surface area contributed by atoms with E-state index in [2.05, 4.69) is 27.6 Å². The van der Waals surface area contributed by atoms with Gasteiger partial charge in [0.05, 0.1) is 0 Å². The van der Waals surface area contributed by atoms with Crippen molar-refractivity contribution in [3.8, 4) is 5.69 Å². The van der Waals surface area contributed by atoms with Crippen LogP contribution in [0, 0.1) is 5.82 Å². The molecule has 1 fully saturated rings. The third kappa shape index (κ3) is 3.71. The summed E-state index contributed by atoms with van der Waals surface area (Å²) in [5, 5.41) is 10.6. The van der Waals surface area contributed by atoms with E-state index in [9.17, 15) is 9.18 Å². The van der Waals surface area contributed by atoms with Crippen LogP contribution in [0.15, 0.2) is 24.3 Å². The van der Waals surface area contributed by atoms with Crippen molar-refractivity contribution in [1.82, 2.24) is 25.4 Å². The minimum Gasteiger partial charge on any atom is -0.345 e. The van der Waals surface area contributed by atoms with Crippen molar-refractivity contribution >= 4 is 5.91 Å². The Balaban J connectivity index is 1.89. The maximum Gasteiger partial charge on any atom is 0.291 e. The first-order chi connectivity index (χ1) is 12.0. The number of benzene rings is 1. The summed E-state index contributed by atoms with van der Waals surface area (Å²) < 4.78 is 15.6. The number of hydrogen-bond acceptors (Lipinski definition) is 4. The number of carbonyl (C=O) groups excluding carboxylic acids is 1.